The lowest BCUT2D eigenvalue weighted by atomic mass is 9.86. The summed E-state index contributed by atoms with van der Waals surface area (Å²) in [6.45, 7) is 0.257. The van der Waals surface area contributed by atoms with Gasteiger partial charge >= 0.3 is 0 Å². The number of methoxy groups -OCH3 is 1. The second-order valence-corrected chi connectivity index (χ2v) is 7.43. The number of fused-ring (bicyclic) bond motifs is 1. The number of furan rings is 1. The van der Waals surface area contributed by atoms with E-state index >= 15 is 0 Å². The molecule has 3 N–H and O–H groups in total. The van der Waals surface area contributed by atoms with E-state index in [4.69, 9.17) is 9.15 Å². The second kappa shape index (κ2) is 8.33. The molecule has 2 heterocycles. The van der Waals surface area contributed by atoms with Gasteiger partial charge in [-0.15, -0.1) is 0 Å². The molecule has 32 heavy (non-hydrogen) atoms. The molecule has 3 amide bonds. The molecular weight excluding hydrogens is 417 g/mol. The molecule has 2 aromatic carbocycles. The molecule has 0 aliphatic carbocycles. The van der Waals surface area contributed by atoms with E-state index in [-0.39, 0.29) is 29.7 Å². The van der Waals surface area contributed by atoms with E-state index in [1.807, 2.05) is 0 Å². The first-order chi connectivity index (χ1) is 15.4. The van der Waals surface area contributed by atoms with Crippen molar-refractivity contribution in [3.63, 3.8) is 0 Å². The van der Waals surface area contributed by atoms with Crippen molar-refractivity contribution >= 4 is 28.7 Å². The Morgan fingerprint density at radius 3 is 2.50 bits per heavy atom. The van der Waals surface area contributed by atoms with Gasteiger partial charge in [-0.25, -0.2) is 4.39 Å². The number of carbonyl (C=O) groups excluding carboxylic acids is 3. The number of halogens is 1. The van der Waals surface area contributed by atoms with Crippen LogP contribution in [0.25, 0.3) is 22.3 Å². The van der Waals surface area contributed by atoms with E-state index in [1.54, 1.807) is 12.1 Å². The topological polar surface area (TPSA) is 110 Å². The molecule has 9 heteroatoms. The van der Waals surface area contributed by atoms with Crippen molar-refractivity contribution in [2.45, 2.75) is 5.92 Å². The first-order valence-corrected chi connectivity index (χ1v) is 10.0. The van der Waals surface area contributed by atoms with Crippen LogP contribution in [0.5, 0.6) is 5.75 Å². The summed E-state index contributed by atoms with van der Waals surface area (Å²) in [6, 6.07) is 8.97. The van der Waals surface area contributed by atoms with Crippen molar-refractivity contribution in [3.8, 4) is 17.1 Å². The van der Waals surface area contributed by atoms with E-state index in [2.05, 4.69) is 16.0 Å². The lowest BCUT2D eigenvalue weighted by Gasteiger charge is -2.18. The minimum atomic E-state index is -0.920. The summed E-state index contributed by atoms with van der Waals surface area (Å²) in [4.78, 5) is 37.4. The normalized spacial score (nSPS) is 17.8. The summed E-state index contributed by atoms with van der Waals surface area (Å²) in [5, 5.41) is 8.35. The molecule has 1 fully saturated rings. The molecule has 166 valence electrons. The second-order valence-electron chi connectivity index (χ2n) is 7.43. The van der Waals surface area contributed by atoms with Crippen molar-refractivity contribution < 1.29 is 27.9 Å². The smallest absolute Gasteiger partial charge is 0.255 e. The molecule has 3 aromatic rings. The SMILES string of the molecule is CNC(=O)c1c(-c2ccc(F)cc2)oc2cc(C3CNC(=O)C3C(=O)NC)c(OC)cc12. The third kappa shape index (κ3) is 3.45. The van der Waals surface area contributed by atoms with Crippen LogP contribution < -0.4 is 20.7 Å². The zero-order chi connectivity index (χ0) is 23.0. The van der Waals surface area contributed by atoms with Gasteiger partial charge in [0.1, 0.15) is 28.8 Å². The fourth-order valence-electron chi connectivity index (χ4n) is 4.13. The minimum Gasteiger partial charge on any atom is -0.496 e. The molecular formula is C23H22FN3O5. The van der Waals surface area contributed by atoms with Crippen LogP contribution in [0.2, 0.25) is 0 Å². The molecule has 1 saturated heterocycles. The zero-order valence-electron chi connectivity index (χ0n) is 17.7. The first kappa shape index (κ1) is 21.4. The highest BCUT2D eigenvalue weighted by Crippen LogP contribution is 2.42. The summed E-state index contributed by atoms with van der Waals surface area (Å²) in [5.41, 5.74) is 1.80. The highest BCUT2D eigenvalue weighted by molar-refractivity contribution is 6.11. The Kier molecular flexibility index (Phi) is 5.56. The van der Waals surface area contributed by atoms with Gasteiger partial charge in [-0.1, -0.05) is 0 Å². The van der Waals surface area contributed by atoms with Gasteiger partial charge in [0.25, 0.3) is 5.91 Å². The largest absolute Gasteiger partial charge is 0.496 e. The summed E-state index contributed by atoms with van der Waals surface area (Å²) in [6.07, 6.45) is 0. The lowest BCUT2D eigenvalue weighted by Crippen LogP contribution is -2.35. The van der Waals surface area contributed by atoms with E-state index < -0.39 is 23.6 Å². The Morgan fingerprint density at radius 1 is 1.16 bits per heavy atom. The summed E-state index contributed by atoms with van der Waals surface area (Å²) in [5.74, 6) is -2.25. The maximum Gasteiger partial charge on any atom is 0.255 e. The van der Waals surface area contributed by atoms with Gasteiger partial charge in [-0.05, 0) is 36.4 Å². The summed E-state index contributed by atoms with van der Waals surface area (Å²) in [7, 11) is 4.46. The molecule has 2 unspecified atom stereocenters. The van der Waals surface area contributed by atoms with E-state index in [9.17, 15) is 18.8 Å². The van der Waals surface area contributed by atoms with Crippen LogP contribution in [-0.2, 0) is 9.59 Å². The highest BCUT2D eigenvalue weighted by atomic mass is 19.1. The van der Waals surface area contributed by atoms with Gasteiger partial charge in [-0.2, -0.15) is 0 Å². The van der Waals surface area contributed by atoms with Gasteiger partial charge in [0.15, 0.2) is 0 Å². The number of hydrogen-bond donors (Lipinski definition) is 3. The molecule has 0 bridgehead atoms. The van der Waals surface area contributed by atoms with E-state index in [0.717, 1.165) is 0 Å². The molecule has 1 aliphatic heterocycles. The molecule has 2 atom stereocenters. The standard InChI is InChI=1S/C23H22FN3O5/c1-25-21(28)18-14-9-16(31-3)13(15-10-27-23(30)19(15)22(29)26-2)8-17(14)32-20(18)11-4-6-12(24)7-5-11/h4-9,15,19H,10H2,1-3H3,(H,25,28)(H,26,29)(H,27,30). The van der Waals surface area contributed by atoms with Crippen LogP contribution >= 0.6 is 0 Å². The third-order valence-corrected chi connectivity index (χ3v) is 5.71. The maximum absolute atomic E-state index is 13.4. The molecule has 8 nitrogen and oxygen atoms in total. The van der Waals surface area contributed by atoms with Crippen LogP contribution in [0.15, 0.2) is 40.8 Å². The Balaban J connectivity index is 1.93. The van der Waals surface area contributed by atoms with Crippen molar-refractivity contribution in [1.29, 1.82) is 0 Å². The van der Waals surface area contributed by atoms with Crippen molar-refractivity contribution in [3.05, 3.63) is 53.3 Å². The van der Waals surface area contributed by atoms with Gasteiger partial charge in [0.2, 0.25) is 11.8 Å². The molecule has 4 rings (SSSR count). The fraction of sp³-hybridized carbons (Fsp3) is 0.261. The van der Waals surface area contributed by atoms with Crippen LogP contribution in [0, 0.1) is 11.7 Å². The number of ether oxygens (including phenoxy) is 1. The van der Waals surface area contributed by atoms with Crippen LogP contribution in [-0.4, -0.2) is 45.5 Å². The van der Waals surface area contributed by atoms with Gasteiger partial charge in [-0.3, -0.25) is 14.4 Å². The van der Waals surface area contributed by atoms with Crippen LogP contribution in [0.3, 0.4) is 0 Å². The number of nitrogens with one attached hydrogen (secondary N) is 3. The summed E-state index contributed by atoms with van der Waals surface area (Å²) >= 11 is 0. The lowest BCUT2D eigenvalue weighted by molar-refractivity contribution is -0.133. The van der Waals surface area contributed by atoms with Gasteiger partial charge in [0.05, 0.1) is 12.7 Å². The number of hydrogen-bond acceptors (Lipinski definition) is 5. The fourth-order valence-corrected chi connectivity index (χ4v) is 4.13. The Labute approximate surface area is 183 Å². The average Bonchev–Trinajstić information content (AvgIpc) is 3.37. The predicted octanol–water partition coefficient (Wildman–Crippen LogP) is 2.18. The highest BCUT2D eigenvalue weighted by Gasteiger charge is 2.42. The zero-order valence-corrected chi connectivity index (χ0v) is 17.7. The Hall–Kier alpha value is -3.88. The average molecular weight is 439 g/mol. The molecule has 0 spiro atoms. The van der Waals surface area contributed by atoms with Gasteiger partial charge in [0, 0.05) is 43.1 Å². The number of rotatable bonds is 5. The Bertz CT molecular complexity index is 1220. The first-order valence-electron chi connectivity index (χ1n) is 10.0. The number of benzene rings is 2. The predicted molar refractivity (Wildman–Crippen MR) is 115 cm³/mol. The number of carbonyl (C=O) groups is 3. The Morgan fingerprint density at radius 2 is 1.88 bits per heavy atom. The van der Waals surface area contributed by atoms with Crippen molar-refractivity contribution in [2.75, 3.05) is 27.7 Å². The third-order valence-electron chi connectivity index (χ3n) is 5.71. The maximum atomic E-state index is 13.4. The summed E-state index contributed by atoms with van der Waals surface area (Å²) < 4.78 is 25.0. The molecule has 1 aliphatic rings. The van der Waals surface area contributed by atoms with E-state index in [0.29, 0.717) is 27.8 Å². The van der Waals surface area contributed by atoms with Crippen LogP contribution in [0.4, 0.5) is 4.39 Å². The van der Waals surface area contributed by atoms with Crippen molar-refractivity contribution in [1.82, 2.24) is 16.0 Å². The van der Waals surface area contributed by atoms with E-state index in [1.165, 1.54) is 45.5 Å². The number of amides is 3. The monoisotopic (exact) mass is 439 g/mol. The molecule has 1 aromatic heterocycles. The van der Waals surface area contributed by atoms with Crippen molar-refractivity contribution in [2.24, 2.45) is 5.92 Å². The quantitative estimate of drug-likeness (QED) is 0.528. The van der Waals surface area contributed by atoms with Gasteiger partial charge < -0.3 is 25.1 Å². The minimum absolute atomic E-state index is 0.257. The van der Waals surface area contributed by atoms with Crippen LogP contribution in [0.1, 0.15) is 21.8 Å². The molecule has 0 radical (unpaired) electrons. The molecule has 0 saturated carbocycles.